The highest BCUT2D eigenvalue weighted by Gasteiger charge is 2.24. The summed E-state index contributed by atoms with van der Waals surface area (Å²) in [5, 5.41) is 2.76. The highest BCUT2D eigenvalue weighted by molar-refractivity contribution is 5.89. The Kier molecular flexibility index (Phi) is 6.31. The van der Waals surface area contributed by atoms with Crippen molar-refractivity contribution in [2.75, 3.05) is 49.6 Å². The summed E-state index contributed by atoms with van der Waals surface area (Å²) < 4.78 is 11.1. The third kappa shape index (κ3) is 5.11. The number of ether oxygens (including phenoxy) is 2. The number of benzene rings is 1. The third-order valence-electron chi connectivity index (χ3n) is 5.47. The Morgan fingerprint density at radius 3 is 2.77 bits per heavy atom. The molecule has 2 aliphatic heterocycles. The maximum Gasteiger partial charge on any atom is 0.260 e. The van der Waals surface area contributed by atoms with Crippen LogP contribution < -0.4 is 15.0 Å². The molecule has 0 spiro atoms. The number of hydrogen-bond acceptors (Lipinski definition) is 7. The fraction of sp³-hybridized carbons (Fsp3) is 0.455. The Hall–Kier alpha value is -3.20. The molecule has 0 saturated carbocycles. The molecule has 3 heterocycles. The molecule has 0 atom stereocenters. The van der Waals surface area contributed by atoms with Crippen LogP contribution in [0.3, 0.4) is 0 Å². The van der Waals surface area contributed by atoms with Crippen molar-refractivity contribution in [1.82, 2.24) is 14.9 Å². The first-order valence-corrected chi connectivity index (χ1v) is 10.5. The van der Waals surface area contributed by atoms with Crippen molar-refractivity contribution in [3.63, 3.8) is 0 Å². The van der Waals surface area contributed by atoms with Gasteiger partial charge >= 0.3 is 0 Å². The summed E-state index contributed by atoms with van der Waals surface area (Å²) in [6, 6.07) is 5.34. The largest absolute Gasteiger partial charge is 0.484 e. The highest BCUT2D eigenvalue weighted by Crippen LogP contribution is 2.22. The number of nitrogens with zero attached hydrogens (tertiary/aromatic N) is 4. The lowest BCUT2D eigenvalue weighted by Gasteiger charge is -2.35. The molecule has 1 saturated heterocycles. The first-order chi connectivity index (χ1) is 15.0. The van der Waals surface area contributed by atoms with Gasteiger partial charge in [-0.05, 0) is 30.7 Å². The average molecular weight is 425 g/mol. The van der Waals surface area contributed by atoms with Crippen molar-refractivity contribution in [2.45, 2.75) is 26.9 Å². The number of piperazine rings is 1. The van der Waals surface area contributed by atoms with Gasteiger partial charge in [0.1, 0.15) is 5.75 Å². The van der Waals surface area contributed by atoms with Crippen LogP contribution in [-0.2, 0) is 27.4 Å². The molecule has 0 bridgehead atoms. The predicted octanol–water partition coefficient (Wildman–Crippen LogP) is 1.54. The van der Waals surface area contributed by atoms with Gasteiger partial charge in [-0.2, -0.15) is 0 Å². The van der Waals surface area contributed by atoms with Crippen LogP contribution in [0.15, 0.2) is 24.4 Å². The second-order valence-corrected chi connectivity index (χ2v) is 7.76. The summed E-state index contributed by atoms with van der Waals surface area (Å²) in [6.45, 7) is 7.18. The number of anilines is 2. The predicted molar refractivity (Wildman–Crippen MR) is 115 cm³/mol. The Morgan fingerprint density at radius 1 is 1.23 bits per heavy atom. The number of rotatable bonds is 5. The van der Waals surface area contributed by atoms with E-state index in [4.69, 9.17) is 14.5 Å². The number of aryl methyl sites for hydroxylation is 1. The van der Waals surface area contributed by atoms with E-state index in [0.717, 1.165) is 34.9 Å². The maximum atomic E-state index is 12.6. The summed E-state index contributed by atoms with van der Waals surface area (Å²) in [5.74, 6) is 1.15. The molecule has 2 aliphatic rings. The topological polar surface area (TPSA) is 96.9 Å². The molecule has 1 fully saturated rings. The van der Waals surface area contributed by atoms with Crippen molar-refractivity contribution < 1.29 is 19.1 Å². The quantitative estimate of drug-likeness (QED) is 0.776. The second-order valence-electron chi connectivity index (χ2n) is 7.76. The van der Waals surface area contributed by atoms with Crippen molar-refractivity contribution >= 4 is 23.5 Å². The van der Waals surface area contributed by atoms with Crippen LogP contribution >= 0.6 is 0 Å². The average Bonchev–Trinajstić information content (AvgIpc) is 2.78. The van der Waals surface area contributed by atoms with Gasteiger partial charge in [-0.1, -0.05) is 0 Å². The van der Waals surface area contributed by atoms with E-state index >= 15 is 0 Å². The Balaban J connectivity index is 1.28. The summed E-state index contributed by atoms with van der Waals surface area (Å²) in [6.07, 6.45) is 2.66. The molecule has 0 unspecified atom stereocenters. The van der Waals surface area contributed by atoms with E-state index in [1.807, 2.05) is 19.2 Å². The van der Waals surface area contributed by atoms with Gasteiger partial charge in [0.25, 0.3) is 5.91 Å². The van der Waals surface area contributed by atoms with Gasteiger partial charge in [0.15, 0.2) is 6.61 Å². The van der Waals surface area contributed by atoms with Crippen LogP contribution in [0, 0.1) is 6.92 Å². The molecule has 9 nitrogen and oxygen atoms in total. The summed E-state index contributed by atoms with van der Waals surface area (Å²) >= 11 is 0. The molecule has 9 heteroatoms. The fourth-order valence-electron chi connectivity index (χ4n) is 3.72. The van der Waals surface area contributed by atoms with Crippen LogP contribution in [0.2, 0.25) is 0 Å². The number of carbonyl (C=O) groups is 2. The zero-order valence-electron chi connectivity index (χ0n) is 17.9. The fourth-order valence-corrected chi connectivity index (χ4v) is 3.72. The molecule has 1 N–H and O–H groups in total. The molecule has 31 heavy (non-hydrogen) atoms. The first kappa shape index (κ1) is 21.0. The van der Waals surface area contributed by atoms with Crippen LogP contribution in [-0.4, -0.2) is 66.1 Å². The van der Waals surface area contributed by atoms with Gasteiger partial charge < -0.3 is 24.6 Å². The van der Waals surface area contributed by atoms with E-state index in [0.29, 0.717) is 45.1 Å². The number of nitrogens with one attached hydrogen (secondary N) is 1. The molecular formula is C22H27N5O4. The molecule has 2 aromatic rings. The van der Waals surface area contributed by atoms with E-state index in [2.05, 4.69) is 15.2 Å². The molecule has 1 aromatic heterocycles. The zero-order valence-corrected chi connectivity index (χ0v) is 17.9. The van der Waals surface area contributed by atoms with Crippen LogP contribution in [0.1, 0.15) is 23.7 Å². The number of amides is 2. The molecule has 164 valence electrons. The van der Waals surface area contributed by atoms with E-state index in [1.54, 1.807) is 17.0 Å². The molecule has 1 aromatic carbocycles. The van der Waals surface area contributed by atoms with Gasteiger partial charge in [-0.3, -0.25) is 9.59 Å². The van der Waals surface area contributed by atoms with Gasteiger partial charge in [0.05, 0.1) is 18.9 Å². The Labute approximate surface area is 181 Å². The minimum atomic E-state index is -0.124. The number of fused-ring (bicyclic) bond motifs is 1. The van der Waals surface area contributed by atoms with Gasteiger partial charge in [-0.25, -0.2) is 9.97 Å². The number of hydrogen-bond donors (Lipinski definition) is 1. The van der Waals surface area contributed by atoms with Crippen LogP contribution in [0.5, 0.6) is 5.75 Å². The molecule has 4 rings (SSSR count). The standard InChI is InChI=1S/C22H27N5O4/c1-15-11-18(3-4-19(15)24-16(2)28)31-14-21(29)26-6-8-27(9-7-26)22-23-12-17-13-30-10-5-20(17)25-22/h3-4,11-12H,5-10,13-14H2,1-2H3,(H,24,28). The first-order valence-electron chi connectivity index (χ1n) is 10.5. The van der Waals surface area contributed by atoms with Crippen LogP contribution in [0.25, 0.3) is 0 Å². The van der Waals surface area contributed by atoms with E-state index < -0.39 is 0 Å². The van der Waals surface area contributed by atoms with E-state index in [9.17, 15) is 9.59 Å². The second kappa shape index (κ2) is 9.30. The lowest BCUT2D eigenvalue weighted by atomic mass is 10.1. The molecular weight excluding hydrogens is 398 g/mol. The van der Waals surface area contributed by atoms with Crippen molar-refractivity contribution in [3.8, 4) is 5.75 Å². The van der Waals surface area contributed by atoms with Gasteiger partial charge in [0.2, 0.25) is 11.9 Å². The van der Waals surface area contributed by atoms with Crippen molar-refractivity contribution in [2.24, 2.45) is 0 Å². The minimum Gasteiger partial charge on any atom is -0.484 e. The summed E-state index contributed by atoms with van der Waals surface area (Å²) in [4.78, 5) is 36.9. The lowest BCUT2D eigenvalue weighted by Crippen LogP contribution is -2.50. The maximum absolute atomic E-state index is 12.6. The van der Waals surface area contributed by atoms with Crippen molar-refractivity contribution in [1.29, 1.82) is 0 Å². The van der Waals surface area contributed by atoms with Gasteiger partial charge in [0, 0.05) is 57.0 Å². The third-order valence-corrected chi connectivity index (χ3v) is 5.47. The van der Waals surface area contributed by atoms with Crippen molar-refractivity contribution in [3.05, 3.63) is 41.2 Å². The van der Waals surface area contributed by atoms with Crippen LogP contribution in [0.4, 0.5) is 11.6 Å². The minimum absolute atomic E-state index is 0.0196. The van der Waals surface area contributed by atoms with Gasteiger partial charge in [-0.15, -0.1) is 0 Å². The number of aromatic nitrogens is 2. The summed E-state index contributed by atoms with van der Waals surface area (Å²) in [5.41, 5.74) is 3.73. The molecule has 0 radical (unpaired) electrons. The molecule has 0 aliphatic carbocycles. The monoisotopic (exact) mass is 425 g/mol. The smallest absolute Gasteiger partial charge is 0.260 e. The lowest BCUT2D eigenvalue weighted by molar-refractivity contribution is -0.133. The molecule has 2 amide bonds. The Bertz CT molecular complexity index is 972. The SMILES string of the molecule is CC(=O)Nc1ccc(OCC(=O)N2CCN(c3ncc4c(n3)CCOC4)CC2)cc1C. The van der Waals surface area contributed by atoms with E-state index in [1.165, 1.54) is 6.92 Å². The normalized spacial score (nSPS) is 15.9. The Morgan fingerprint density at radius 2 is 2.03 bits per heavy atom. The highest BCUT2D eigenvalue weighted by atomic mass is 16.5. The zero-order chi connectivity index (χ0) is 21.8. The summed E-state index contributed by atoms with van der Waals surface area (Å²) in [7, 11) is 0. The van der Waals surface area contributed by atoms with E-state index in [-0.39, 0.29) is 18.4 Å². The number of carbonyl (C=O) groups excluding carboxylic acids is 2.